The fourth-order valence-corrected chi connectivity index (χ4v) is 3.56. The van der Waals surface area contributed by atoms with Gasteiger partial charge >= 0.3 is 0 Å². The average molecular weight is 284 g/mol. The zero-order valence-corrected chi connectivity index (χ0v) is 14.3. The highest BCUT2D eigenvalue weighted by atomic mass is 14.3. The molecule has 2 rings (SSSR count). The monoisotopic (exact) mass is 284 g/mol. The van der Waals surface area contributed by atoms with Crippen LogP contribution in [0, 0.1) is 0 Å². The lowest BCUT2D eigenvalue weighted by atomic mass is 9.92. The average Bonchev–Trinajstić information content (AvgIpc) is 2.87. The first-order valence-electron chi connectivity index (χ1n) is 9.13. The van der Waals surface area contributed by atoms with Gasteiger partial charge in [0.15, 0.2) is 0 Å². The van der Waals surface area contributed by atoms with Crippen LogP contribution in [-0.2, 0) is 12.8 Å². The Hall–Kier alpha value is -1.04. The normalized spacial score (nSPS) is 13.9. The number of fused-ring (bicyclic) bond motifs is 1. The van der Waals surface area contributed by atoms with Crippen molar-refractivity contribution >= 4 is 5.57 Å². The minimum atomic E-state index is 1.23. The maximum atomic E-state index is 2.38. The van der Waals surface area contributed by atoms with Gasteiger partial charge in [0.2, 0.25) is 0 Å². The van der Waals surface area contributed by atoms with E-state index >= 15 is 0 Å². The van der Waals surface area contributed by atoms with Crippen molar-refractivity contribution in [1.29, 1.82) is 0 Å². The molecule has 1 aromatic rings. The van der Waals surface area contributed by atoms with E-state index in [1.807, 2.05) is 0 Å². The van der Waals surface area contributed by atoms with E-state index in [9.17, 15) is 0 Å². The van der Waals surface area contributed by atoms with Crippen molar-refractivity contribution in [2.75, 3.05) is 0 Å². The van der Waals surface area contributed by atoms with Crippen LogP contribution in [0.5, 0.6) is 0 Å². The van der Waals surface area contributed by atoms with Crippen LogP contribution in [0.3, 0.4) is 0 Å². The summed E-state index contributed by atoms with van der Waals surface area (Å²) in [6.07, 6.45) is 13.0. The molecule has 0 spiro atoms. The Kier molecular flexibility index (Phi) is 6.54. The molecule has 21 heavy (non-hydrogen) atoms. The minimum absolute atomic E-state index is 1.23. The Balaban J connectivity index is 2.30. The van der Waals surface area contributed by atoms with Crippen LogP contribution in [0.1, 0.15) is 88.8 Å². The number of aryl methyl sites for hydroxylation is 1. The molecule has 0 bridgehead atoms. The van der Waals surface area contributed by atoms with Crippen LogP contribution in [0.15, 0.2) is 23.8 Å². The second-order valence-corrected chi connectivity index (χ2v) is 6.52. The Bertz CT molecular complexity index is 479. The van der Waals surface area contributed by atoms with E-state index in [2.05, 4.69) is 39.0 Å². The minimum Gasteiger partial charge on any atom is -0.0654 e. The van der Waals surface area contributed by atoms with Gasteiger partial charge in [0.1, 0.15) is 0 Å². The first-order chi connectivity index (χ1) is 10.3. The van der Waals surface area contributed by atoms with Gasteiger partial charge < -0.3 is 0 Å². The van der Waals surface area contributed by atoms with Crippen molar-refractivity contribution in [3.05, 3.63) is 40.5 Å². The van der Waals surface area contributed by atoms with E-state index in [1.54, 1.807) is 27.8 Å². The van der Waals surface area contributed by atoms with E-state index in [0.29, 0.717) is 0 Å². The van der Waals surface area contributed by atoms with Gasteiger partial charge in [-0.1, -0.05) is 63.8 Å². The highest BCUT2D eigenvalue weighted by Crippen LogP contribution is 2.40. The molecule has 0 radical (unpaired) electrons. The molecule has 0 aliphatic heterocycles. The van der Waals surface area contributed by atoms with Crippen molar-refractivity contribution in [3.8, 4) is 0 Å². The molecule has 0 saturated carbocycles. The number of hydrogen-bond donors (Lipinski definition) is 0. The van der Waals surface area contributed by atoms with Crippen LogP contribution >= 0.6 is 0 Å². The SMILES string of the molecule is CCCCC1=C(CCCC)c2c(CCCC)cccc2C1. The predicted octanol–water partition coefficient (Wildman–Crippen LogP) is 6.72. The molecule has 0 heterocycles. The number of unbranched alkanes of at least 4 members (excludes halogenated alkanes) is 3. The Morgan fingerprint density at radius 3 is 2.19 bits per heavy atom. The summed E-state index contributed by atoms with van der Waals surface area (Å²) >= 11 is 0. The van der Waals surface area contributed by atoms with Crippen LogP contribution in [0.4, 0.5) is 0 Å². The predicted molar refractivity (Wildman–Crippen MR) is 94.7 cm³/mol. The lowest BCUT2D eigenvalue weighted by molar-refractivity contribution is 0.768. The third-order valence-corrected chi connectivity index (χ3v) is 4.78. The Labute approximate surface area is 131 Å². The maximum absolute atomic E-state index is 2.38. The second kappa shape index (κ2) is 8.41. The molecule has 1 aromatic carbocycles. The molecular weight excluding hydrogens is 252 g/mol. The smallest absolute Gasteiger partial charge is 0.00549 e. The summed E-state index contributed by atoms with van der Waals surface area (Å²) in [5, 5.41) is 0. The summed E-state index contributed by atoms with van der Waals surface area (Å²) in [7, 11) is 0. The summed E-state index contributed by atoms with van der Waals surface area (Å²) in [6, 6.07) is 7.03. The molecule has 0 N–H and O–H groups in total. The Morgan fingerprint density at radius 1 is 0.810 bits per heavy atom. The molecule has 0 heteroatoms. The van der Waals surface area contributed by atoms with Gasteiger partial charge in [-0.2, -0.15) is 0 Å². The summed E-state index contributed by atoms with van der Waals surface area (Å²) in [4.78, 5) is 0. The zero-order valence-electron chi connectivity index (χ0n) is 14.3. The van der Waals surface area contributed by atoms with Crippen molar-refractivity contribution in [1.82, 2.24) is 0 Å². The molecule has 0 nitrogen and oxygen atoms in total. The second-order valence-electron chi connectivity index (χ2n) is 6.52. The third-order valence-electron chi connectivity index (χ3n) is 4.78. The van der Waals surface area contributed by atoms with Gasteiger partial charge in [0.25, 0.3) is 0 Å². The molecule has 116 valence electrons. The van der Waals surface area contributed by atoms with Crippen LogP contribution in [-0.4, -0.2) is 0 Å². The molecule has 0 fully saturated rings. The van der Waals surface area contributed by atoms with Gasteiger partial charge in [-0.05, 0) is 67.2 Å². The quantitative estimate of drug-likeness (QED) is 0.472. The molecule has 0 unspecified atom stereocenters. The number of rotatable bonds is 9. The molecule has 0 aromatic heterocycles. The number of hydrogen-bond acceptors (Lipinski definition) is 0. The molecule has 1 aliphatic carbocycles. The molecular formula is C21H32. The van der Waals surface area contributed by atoms with Gasteiger partial charge in [-0.25, -0.2) is 0 Å². The maximum Gasteiger partial charge on any atom is -0.00549 e. The standard InChI is InChI=1S/C21H32/c1-4-7-11-17-13-10-14-19-16-18(12-8-5-2)20(21(17)19)15-9-6-3/h10,13-14H,4-9,11-12,15-16H2,1-3H3. The van der Waals surface area contributed by atoms with E-state index in [4.69, 9.17) is 0 Å². The topological polar surface area (TPSA) is 0 Å². The van der Waals surface area contributed by atoms with E-state index in [1.165, 1.54) is 64.2 Å². The zero-order chi connectivity index (χ0) is 15.1. The number of benzene rings is 1. The molecule has 0 saturated heterocycles. The fraction of sp³-hybridized carbons (Fsp3) is 0.619. The van der Waals surface area contributed by atoms with E-state index < -0.39 is 0 Å². The Morgan fingerprint density at radius 2 is 1.48 bits per heavy atom. The lowest BCUT2D eigenvalue weighted by Gasteiger charge is -2.13. The summed E-state index contributed by atoms with van der Waals surface area (Å²) in [5.41, 5.74) is 8.37. The summed E-state index contributed by atoms with van der Waals surface area (Å²) in [6.45, 7) is 6.91. The highest BCUT2D eigenvalue weighted by molar-refractivity contribution is 5.78. The number of allylic oxidation sites excluding steroid dienone is 2. The molecule has 0 atom stereocenters. The van der Waals surface area contributed by atoms with Gasteiger partial charge in [-0.15, -0.1) is 0 Å². The van der Waals surface area contributed by atoms with Gasteiger partial charge in [-0.3, -0.25) is 0 Å². The lowest BCUT2D eigenvalue weighted by Crippen LogP contribution is -1.95. The summed E-state index contributed by atoms with van der Waals surface area (Å²) in [5.74, 6) is 0. The van der Waals surface area contributed by atoms with E-state index in [-0.39, 0.29) is 0 Å². The van der Waals surface area contributed by atoms with Crippen molar-refractivity contribution in [2.24, 2.45) is 0 Å². The van der Waals surface area contributed by atoms with Crippen LogP contribution in [0.25, 0.3) is 5.57 Å². The molecule has 1 aliphatic rings. The van der Waals surface area contributed by atoms with Crippen LogP contribution in [0.2, 0.25) is 0 Å². The first kappa shape index (κ1) is 16.3. The third kappa shape index (κ3) is 3.99. The van der Waals surface area contributed by atoms with E-state index in [0.717, 1.165) is 0 Å². The van der Waals surface area contributed by atoms with Gasteiger partial charge in [0, 0.05) is 0 Å². The largest absolute Gasteiger partial charge is 0.0654 e. The highest BCUT2D eigenvalue weighted by Gasteiger charge is 2.22. The molecule has 0 amide bonds. The summed E-state index contributed by atoms with van der Waals surface area (Å²) < 4.78 is 0. The van der Waals surface area contributed by atoms with Crippen LogP contribution < -0.4 is 0 Å². The van der Waals surface area contributed by atoms with Gasteiger partial charge in [0.05, 0.1) is 0 Å². The van der Waals surface area contributed by atoms with Crippen molar-refractivity contribution < 1.29 is 0 Å². The van der Waals surface area contributed by atoms with Crippen molar-refractivity contribution in [2.45, 2.75) is 85.0 Å². The first-order valence-corrected chi connectivity index (χ1v) is 9.13. The fourth-order valence-electron chi connectivity index (χ4n) is 3.56. The van der Waals surface area contributed by atoms with Crippen molar-refractivity contribution in [3.63, 3.8) is 0 Å².